The van der Waals surface area contributed by atoms with Crippen molar-refractivity contribution in [2.75, 3.05) is 0 Å². The summed E-state index contributed by atoms with van der Waals surface area (Å²) in [4.78, 5) is 16.6. The van der Waals surface area contributed by atoms with Crippen molar-refractivity contribution in [2.24, 2.45) is 4.99 Å². The number of nitrogens with zero attached hydrogens (tertiary/aromatic N) is 1. The zero-order valence-corrected chi connectivity index (χ0v) is 16.9. The number of rotatable bonds is 4. The molecule has 0 amide bonds. The fourth-order valence-corrected chi connectivity index (χ4v) is 3.11. The second-order valence-corrected chi connectivity index (χ2v) is 7.29. The number of carbonyl (C=O) groups is 1. The van der Waals surface area contributed by atoms with Gasteiger partial charge in [-0.25, -0.2) is 4.79 Å². The maximum absolute atomic E-state index is 12.3. The second-order valence-electron chi connectivity index (χ2n) is 5.98. The van der Waals surface area contributed by atoms with E-state index in [-0.39, 0.29) is 22.1 Å². The predicted molar refractivity (Wildman–Crippen MR) is 113 cm³/mol. The van der Waals surface area contributed by atoms with Crippen LogP contribution in [0.4, 0.5) is 5.69 Å². The molecule has 0 saturated carbocycles. The third kappa shape index (κ3) is 5.04. The van der Waals surface area contributed by atoms with Gasteiger partial charge in [0.05, 0.1) is 11.3 Å². The number of halogens is 3. The van der Waals surface area contributed by atoms with Crippen LogP contribution in [-0.2, 0) is 0 Å². The van der Waals surface area contributed by atoms with Gasteiger partial charge in [0, 0.05) is 32.9 Å². The Morgan fingerprint density at radius 2 is 1.57 bits per heavy atom. The Bertz CT molecular complexity index is 1040. The van der Waals surface area contributed by atoms with Crippen LogP contribution in [0.2, 0.25) is 15.1 Å². The summed E-state index contributed by atoms with van der Waals surface area (Å²) in [6.45, 7) is 1.91. The van der Waals surface area contributed by atoms with Gasteiger partial charge in [-0.3, -0.25) is 4.99 Å². The first kappa shape index (κ1) is 20.2. The lowest BCUT2D eigenvalue weighted by Crippen LogP contribution is -2.09. The van der Waals surface area contributed by atoms with Crippen molar-refractivity contribution >= 4 is 52.7 Å². The summed E-state index contributed by atoms with van der Waals surface area (Å²) in [5.41, 5.74) is 2.14. The van der Waals surface area contributed by atoms with Crippen LogP contribution in [0.5, 0.6) is 11.5 Å². The van der Waals surface area contributed by atoms with Crippen LogP contribution in [0.1, 0.15) is 21.5 Å². The smallest absolute Gasteiger partial charge is 0.343 e. The molecule has 3 aromatic carbocycles. The molecular formula is C21H14Cl3NO3. The van der Waals surface area contributed by atoms with Crippen molar-refractivity contribution < 1.29 is 14.6 Å². The lowest BCUT2D eigenvalue weighted by molar-refractivity contribution is 0.0729. The fraction of sp³-hybridized carbons (Fsp3) is 0.0476. The van der Waals surface area contributed by atoms with E-state index < -0.39 is 5.97 Å². The van der Waals surface area contributed by atoms with Gasteiger partial charge in [-0.2, -0.15) is 0 Å². The molecular weight excluding hydrogens is 421 g/mol. The molecule has 142 valence electrons. The molecule has 3 aromatic rings. The topological polar surface area (TPSA) is 58.9 Å². The molecule has 0 heterocycles. The Labute approximate surface area is 177 Å². The predicted octanol–water partition coefficient (Wildman–Crippen LogP) is 6.63. The number of ether oxygens (including phenoxy) is 1. The van der Waals surface area contributed by atoms with E-state index in [9.17, 15) is 9.90 Å². The molecule has 28 heavy (non-hydrogen) atoms. The number of hydrogen-bond donors (Lipinski definition) is 1. The summed E-state index contributed by atoms with van der Waals surface area (Å²) < 4.78 is 5.31. The zero-order chi connectivity index (χ0) is 20.3. The fourth-order valence-electron chi connectivity index (χ4n) is 2.38. The van der Waals surface area contributed by atoms with E-state index in [2.05, 4.69) is 4.99 Å². The maximum atomic E-state index is 12.3. The Morgan fingerprint density at radius 3 is 2.21 bits per heavy atom. The van der Waals surface area contributed by atoms with Gasteiger partial charge in [-0.1, -0.05) is 52.5 Å². The minimum Gasteiger partial charge on any atom is -0.504 e. The van der Waals surface area contributed by atoms with Crippen molar-refractivity contribution in [3.63, 3.8) is 0 Å². The highest BCUT2D eigenvalue weighted by atomic mass is 35.5. The van der Waals surface area contributed by atoms with Crippen LogP contribution >= 0.6 is 34.8 Å². The summed E-state index contributed by atoms with van der Waals surface area (Å²) >= 11 is 18.0. The number of esters is 1. The van der Waals surface area contributed by atoms with Gasteiger partial charge in [0.1, 0.15) is 0 Å². The van der Waals surface area contributed by atoms with Crippen LogP contribution in [-0.4, -0.2) is 17.3 Å². The highest BCUT2D eigenvalue weighted by Gasteiger charge is 2.15. The van der Waals surface area contributed by atoms with E-state index in [1.807, 2.05) is 6.92 Å². The molecule has 0 aliphatic carbocycles. The van der Waals surface area contributed by atoms with Gasteiger partial charge >= 0.3 is 5.97 Å². The molecule has 0 aliphatic heterocycles. The Balaban J connectivity index is 1.88. The summed E-state index contributed by atoms with van der Waals surface area (Å²) in [7, 11) is 0. The lowest BCUT2D eigenvalue weighted by Gasteiger charge is -2.09. The van der Waals surface area contributed by atoms with Gasteiger partial charge in [-0.15, -0.1) is 0 Å². The highest BCUT2D eigenvalue weighted by molar-refractivity contribution is 6.35. The third-order valence-corrected chi connectivity index (χ3v) is 4.41. The molecule has 0 atom stereocenters. The number of phenols is 1. The first-order chi connectivity index (χ1) is 13.3. The summed E-state index contributed by atoms with van der Waals surface area (Å²) in [5.74, 6) is -0.938. The van der Waals surface area contributed by atoms with Crippen molar-refractivity contribution in [1.29, 1.82) is 0 Å². The molecule has 0 fully saturated rings. The minimum absolute atomic E-state index is 0.0661. The Hall–Kier alpha value is -2.53. The average molecular weight is 435 g/mol. The van der Waals surface area contributed by atoms with Crippen molar-refractivity contribution in [1.82, 2.24) is 0 Å². The van der Waals surface area contributed by atoms with Crippen LogP contribution in [0.3, 0.4) is 0 Å². The van der Waals surface area contributed by atoms with E-state index in [0.717, 1.165) is 5.56 Å². The molecule has 0 radical (unpaired) electrons. The number of aromatic hydroxyl groups is 1. The van der Waals surface area contributed by atoms with Crippen LogP contribution in [0.15, 0.2) is 59.6 Å². The first-order valence-electron chi connectivity index (χ1n) is 8.13. The molecule has 0 saturated heterocycles. The van der Waals surface area contributed by atoms with E-state index in [0.29, 0.717) is 21.3 Å². The monoisotopic (exact) mass is 433 g/mol. The highest BCUT2D eigenvalue weighted by Crippen LogP contribution is 2.34. The van der Waals surface area contributed by atoms with Gasteiger partial charge < -0.3 is 9.84 Å². The zero-order valence-electron chi connectivity index (χ0n) is 14.6. The summed E-state index contributed by atoms with van der Waals surface area (Å²) in [6.07, 6.45) is 1.38. The lowest BCUT2D eigenvalue weighted by atomic mass is 10.1. The SMILES string of the molecule is Cc1ccc(C(=O)Oc2cc(Cl)cc(C=Nc3cc(Cl)cc(Cl)c3)c2O)cc1. The Kier molecular flexibility index (Phi) is 6.25. The van der Waals surface area contributed by atoms with Crippen molar-refractivity contribution in [2.45, 2.75) is 6.92 Å². The number of carbonyl (C=O) groups excluding carboxylic acids is 1. The van der Waals surface area contributed by atoms with E-state index in [4.69, 9.17) is 39.5 Å². The number of aliphatic imine (C=N–C) groups is 1. The van der Waals surface area contributed by atoms with Gasteiger partial charge in [0.15, 0.2) is 11.5 Å². The largest absolute Gasteiger partial charge is 0.504 e. The Morgan fingerprint density at radius 1 is 0.964 bits per heavy atom. The molecule has 0 spiro atoms. The minimum atomic E-state index is -0.609. The third-order valence-electron chi connectivity index (χ3n) is 3.76. The van der Waals surface area contributed by atoms with Gasteiger partial charge in [-0.05, 0) is 43.3 Å². The van der Waals surface area contributed by atoms with Crippen molar-refractivity contribution in [3.05, 3.63) is 86.4 Å². The molecule has 3 rings (SSSR count). The summed E-state index contributed by atoms with van der Waals surface area (Å²) in [6, 6.07) is 14.5. The quantitative estimate of drug-likeness (QED) is 0.285. The second kappa shape index (κ2) is 8.65. The van der Waals surface area contributed by atoms with E-state index >= 15 is 0 Å². The number of benzene rings is 3. The number of aryl methyl sites for hydroxylation is 1. The normalized spacial score (nSPS) is 11.0. The standard InChI is InChI=1S/C21H14Cl3NO3/c1-12-2-4-13(5-3-12)21(27)28-19-10-15(22)6-14(20(19)26)11-25-18-8-16(23)7-17(24)9-18/h2-11,26H,1H3. The molecule has 7 heteroatoms. The number of phenolic OH excluding ortho intramolecular Hbond substituents is 1. The van der Waals surface area contributed by atoms with Crippen LogP contribution in [0, 0.1) is 6.92 Å². The van der Waals surface area contributed by atoms with Crippen LogP contribution < -0.4 is 4.74 Å². The molecule has 0 aliphatic rings. The van der Waals surface area contributed by atoms with Crippen molar-refractivity contribution in [3.8, 4) is 11.5 Å². The van der Waals surface area contributed by atoms with E-state index in [1.165, 1.54) is 18.3 Å². The first-order valence-corrected chi connectivity index (χ1v) is 9.27. The molecule has 1 N–H and O–H groups in total. The van der Waals surface area contributed by atoms with E-state index in [1.54, 1.807) is 42.5 Å². The van der Waals surface area contributed by atoms with Gasteiger partial charge in [0.2, 0.25) is 0 Å². The average Bonchev–Trinajstić information content (AvgIpc) is 2.63. The molecule has 0 bridgehead atoms. The molecule has 4 nitrogen and oxygen atoms in total. The summed E-state index contributed by atoms with van der Waals surface area (Å²) in [5, 5.41) is 11.6. The molecule has 0 aromatic heterocycles. The van der Waals surface area contributed by atoms with Gasteiger partial charge in [0.25, 0.3) is 0 Å². The van der Waals surface area contributed by atoms with Crippen LogP contribution in [0.25, 0.3) is 0 Å². The molecule has 0 unspecified atom stereocenters. The maximum Gasteiger partial charge on any atom is 0.343 e. The number of hydrogen-bond acceptors (Lipinski definition) is 4.